The molecule has 0 aromatic heterocycles. The number of carbonyl (C=O) groups is 1. The molecule has 1 aliphatic carbocycles. The second kappa shape index (κ2) is 5.74. The van der Waals surface area contributed by atoms with Crippen LogP contribution < -0.4 is 10.6 Å². The molecule has 3 nitrogen and oxygen atoms in total. The van der Waals surface area contributed by atoms with Gasteiger partial charge in [-0.1, -0.05) is 24.3 Å². The van der Waals surface area contributed by atoms with Crippen LogP contribution in [0.1, 0.15) is 30.4 Å². The minimum absolute atomic E-state index is 0.0517. The van der Waals surface area contributed by atoms with Crippen LogP contribution >= 0.6 is 0 Å². The second-order valence-corrected chi connectivity index (χ2v) is 5.77. The Hall–Kier alpha value is -1.35. The maximum Gasteiger partial charge on any atom is 0.237 e. The molecule has 1 amide bonds. The van der Waals surface area contributed by atoms with Gasteiger partial charge in [-0.05, 0) is 55.7 Å². The number of nitrogens with one attached hydrogen (secondary N) is 2. The van der Waals surface area contributed by atoms with Crippen LogP contribution in [-0.2, 0) is 17.6 Å². The highest BCUT2D eigenvalue weighted by Crippen LogP contribution is 2.24. The highest BCUT2D eigenvalue weighted by atomic mass is 16.2. The van der Waals surface area contributed by atoms with E-state index >= 15 is 0 Å². The average molecular weight is 258 g/mol. The van der Waals surface area contributed by atoms with Crippen molar-refractivity contribution in [3.05, 3.63) is 35.4 Å². The number of aryl methyl sites for hydroxylation is 1. The van der Waals surface area contributed by atoms with Crippen molar-refractivity contribution >= 4 is 5.91 Å². The van der Waals surface area contributed by atoms with Crippen molar-refractivity contribution in [2.45, 2.75) is 38.1 Å². The number of fused-ring (bicyclic) bond motifs is 1. The molecule has 0 saturated carbocycles. The average Bonchev–Trinajstić information content (AvgIpc) is 2.99. The third kappa shape index (κ3) is 2.98. The van der Waals surface area contributed by atoms with Gasteiger partial charge in [0.15, 0.2) is 0 Å². The largest absolute Gasteiger partial charge is 0.354 e. The summed E-state index contributed by atoms with van der Waals surface area (Å²) in [6.45, 7) is 1.81. The Morgan fingerprint density at radius 2 is 2.11 bits per heavy atom. The van der Waals surface area contributed by atoms with E-state index in [0.717, 1.165) is 38.8 Å². The van der Waals surface area contributed by atoms with Crippen LogP contribution in [-0.4, -0.2) is 25.0 Å². The van der Waals surface area contributed by atoms with Crippen LogP contribution in [0, 0.1) is 5.92 Å². The van der Waals surface area contributed by atoms with Crippen molar-refractivity contribution in [3.63, 3.8) is 0 Å². The van der Waals surface area contributed by atoms with Gasteiger partial charge in [0.1, 0.15) is 0 Å². The van der Waals surface area contributed by atoms with Crippen molar-refractivity contribution < 1.29 is 4.79 Å². The van der Waals surface area contributed by atoms with Gasteiger partial charge in [0.05, 0.1) is 6.04 Å². The summed E-state index contributed by atoms with van der Waals surface area (Å²) in [7, 11) is 0. The van der Waals surface area contributed by atoms with Gasteiger partial charge >= 0.3 is 0 Å². The third-order valence-corrected chi connectivity index (χ3v) is 4.39. The summed E-state index contributed by atoms with van der Waals surface area (Å²) in [5, 5.41) is 6.37. The zero-order valence-corrected chi connectivity index (χ0v) is 11.3. The molecular weight excluding hydrogens is 236 g/mol. The van der Waals surface area contributed by atoms with E-state index in [-0.39, 0.29) is 11.9 Å². The smallest absolute Gasteiger partial charge is 0.237 e. The van der Waals surface area contributed by atoms with Gasteiger partial charge < -0.3 is 10.6 Å². The first-order valence-electron chi connectivity index (χ1n) is 7.41. The summed E-state index contributed by atoms with van der Waals surface area (Å²) in [4.78, 5) is 12.0. The molecule has 3 rings (SSSR count). The lowest BCUT2D eigenvalue weighted by Crippen LogP contribution is -2.42. The van der Waals surface area contributed by atoms with Gasteiger partial charge in [-0.15, -0.1) is 0 Å². The van der Waals surface area contributed by atoms with E-state index in [2.05, 4.69) is 34.9 Å². The Bertz CT molecular complexity index is 452. The molecule has 0 bridgehead atoms. The van der Waals surface area contributed by atoms with Crippen molar-refractivity contribution in [1.82, 2.24) is 10.6 Å². The Kier molecular flexibility index (Phi) is 3.83. The van der Waals surface area contributed by atoms with Gasteiger partial charge in [0.25, 0.3) is 0 Å². The van der Waals surface area contributed by atoms with Crippen LogP contribution in [0.3, 0.4) is 0 Å². The lowest BCUT2D eigenvalue weighted by molar-refractivity contribution is -0.123. The molecule has 0 spiro atoms. The van der Waals surface area contributed by atoms with Gasteiger partial charge in [-0.2, -0.15) is 0 Å². The minimum atomic E-state index is 0.0517. The number of hydrogen-bond acceptors (Lipinski definition) is 2. The number of hydrogen-bond donors (Lipinski definition) is 2. The summed E-state index contributed by atoms with van der Waals surface area (Å²) in [5.41, 5.74) is 2.95. The maximum absolute atomic E-state index is 12.0. The molecular formula is C16H22N2O. The van der Waals surface area contributed by atoms with Crippen LogP contribution in [0.25, 0.3) is 0 Å². The number of rotatable bonds is 3. The van der Waals surface area contributed by atoms with Gasteiger partial charge in [-0.25, -0.2) is 0 Å². The first kappa shape index (κ1) is 12.7. The fraction of sp³-hybridized carbons (Fsp3) is 0.562. The molecule has 1 aromatic rings. The van der Waals surface area contributed by atoms with E-state index in [1.54, 1.807) is 0 Å². The number of benzene rings is 1. The SMILES string of the molecule is O=C(NC[C@H]1CCc2ccccc2C1)[C@H]1CCCN1. The monoisotopic (exact) mass is 258 g/mol. The third-order valence-electron chi connectivity index (χ3n) is 4.39. The van der Waals surface area contributed by atoms with E-state index in [9.17, 15) is 4.79 Å². The molecule has 2 atom stereocenters. The topological polar surface area (TPSA) is 41.1 Å². The van der Waals surface area contributed by atoms with Gasteiger partial charge in [-0.3, -0.25) is 4.79 Å². The highest BCUT2D eigenvalue weighted by Gasteiger charge is 2.23. The molecule has 102 valence electrons. The van der Waals surface area contributed by atoms with Crippen LogP contribution in [0.15, 0.2) is 24.3 Å². The molecule has 1 aliphatic heterocycles. The van der Waals surface area contributed by atoms with Crippen LogP contribution in [0.5, 0.6) is 0 Å². The fourth-order valence-electron chi connectivity index (χ4n) is 3.22. The Morgan fingerprint density at radius 3 is 2.89 bits per heavy atom. The lowest BCUT2D eigenvalue weighted by atomic mass is 9.84. The highest BCUT2D eigenvalue weighted by molar-refractivity contribution is 5.81. The molecule has 19 heavy (non-hydrogen) atoms. The second-order valence-electron chi connectivity index (χ2n) is 5.77. The summed E-state index contributed by atoms with van der Waals surface area (Å²) >= 11 is 0. The van der Waals surface area contributed by atoms with Crippen molar-refractivity contribution in [1.29, 1.82) is 0 Å². The maximum atomic E-state index is 12.0. The van der Waals surface area contributed by atoms with E-state index in [1.165, 1.54) is 17.5 Å². The van der Waals surface area contributed by atoms with E-state index in [1.807, 2.05) is 0 Å². The van der Waals surface area contributed by atoms with Gasteiger partial charge in [0, 0.05) is 6.54 Å². The molecule has 1 heterocycles. The molecule has 0 unspecified atom stereocenters. The molecule has 0 radical (unpaired) electrons. The summed E-state index contributed by atoms with van der Waals surface area (Å²) in [6.07, 6.45) is 5.55. The van der Waals surface area contributed by atoms with Crippen molar-refractivity contribution in [2.24, 2.45) is 5.92 Å². The van der Waals surface area contributed by atoms with Crippen molar-refractivity contribution in [2.75, 3.05) is 13.1 Å². The normalized spacial score (nSPS) is 25.9. The first-order chi connectivity index (χ1) is 9.33. The van der Waals surface area contributed by atoms with E-state index in [4.69, 9.17) is 0 Å². The van der Waals surface area contributed by atoms with E-state index < -0.39 is 0 Å². The zero-order valence-electron chi connectivity index (χ0n) is 11.3. The Morgan fingerprint density at radius 1 is 1.26 bits per heavy atom. The molecule has 1 fully saturated rings. The Balaban J connectivity index is 1.50. The molecule has 1 saturated heterocycles. The first-order valence-corrected chi connectivity index (χ1v) is 7.41. The van der Waals surface area contributed by atoms with Crippen molar-refractivity contribution in [3.8, 4) is 0 Å². The standard InChI is InChI=1S/C16H22N2O/c19-16(15-6-3-9-17-15)18-11-12-7-8-13-4-1-2-5-14(13)10-12/h1-2,4-5,12,15,17H,3,6-11H2,(H,18,19)/t12-,15+/m0/s1. The Labute approximate surface area is 114 Å². The fourth-order valence-corrected chi connectivity index (χ4v) is 3.22. The molecule has 1 aromatic carbocycles. The number of carbonyl (C=O) groups excluding carboxylic acids is 1. The quantitative estimate of drug-likeness (QED) is 0.865. The summed E-state index contributed by atoms with van der Waals surface area (Å²) in [6, 6.07) is 8.74. The minimum Gasteiger partial charge on any atom is -0.354 e. The molecule has 2 aliphatic rings. The summed E-state index contributed by atoms with van der Waals surface area (Å²) < 4.78 is 0. The lowest BCUT2D eigenvalue weighted by Gasteiger charge is -2.25. The predicted molar refractivity (Wildman–Crippen MR) is 76.0 cm³/mol. The zero-order chi connectivity index (χ0) is 13.1. The number of amides is 1. The van der Waals surface area contributed by atoms with Gasteiger partial charge in [0.2, 0.25) is 5.91 Å². The van der Waals surface area contributed by atoms with Crippen LogP contribution in [0.4, 0.5) is 0 Å². The van der Waals surface area contributed by atoms with E-state index in [0.29, 0.717) is 5.92 Å². The van der Waals surface area contributed by atoms with Crippen LogP contribution in [0.2, 0.25) is 0 Å². The predicted octanol–water partition coefficient (Wildman–Crippen LogP) is 1.66. The molecule has 3 heteroatoms. The summed E-state index contributed by atoms with van der Waals surface area (Å²) in [5.74, 6) is 0.789. The molecule has 2 N–H and O–H groups in total.